The first-order valence-electron chi connectivity index (χ1n) is 4.88. The van der Waals surface area contributed by atoms with E-state index in [0.29, 0.717) is 5.15 Å². The molecule has 0 amide bonds. The number of para-hydroxylation sites is 1. The van der Waals surface area contributed by atoms with Crippen molar-refractivity contribution in [3.8, 4) is 5.82 Å². The highest BCUT2D eigenvalue weighted by Gasteiger charge is 2.08. The number of hydrogen-bond acceptors (Lipinski definition) is 2. The quantitative estimate of drug-likeness (QED) is 0.642. The van der Waals surface area contributed by atoms with Crippen LogP contribution in [0, 0.1) is 0 Å². The lowest BCUT2D eigenvalue weighted by atomic mass is 10.2. The molecule has 0 spiro atoms. The van der Waals surface area contributed by atoms with Crippen molar-refractivity contribution < 1.29 is 0 Å². The third kappa shape index (κ3) is 1.37. The molecule has 16 heavy (non-hydrogen) atoms. The largest absolute Gasteiger partial charge is 0.284 e. The molecule has 3 nitrogen and oxygen atoms in total. The molecule has 0 atom stereocenters. The molecule has 2 heterocycles. The monoisotopic (exact) mass is 229 g/mol. The average Bonchev–Trinajstić information content (AvgIpc) is 2.66. The molecule has 4 heteroatoms. The van der Waals surface area contributed by atoms with Gasteiger partial charge >= 0.3 is 0 Å². The van der Waals surface area contributed by atoms with Crippen LogP contribution in [-0.4, -0.2) is 14.5 Å². The summed E-state index contributed by atoms with van der Waals surface area (Å²) < 4.78 is 1.90. The highest BCUT2D eigenvalue weighted by atomic mass is 35.5. The zero-order valence-electron chi connectivity index (χ0n) is 8.34. The maximum absolute atomic E-state index is 6.20. The highest BCUT2D eigenvalue weighted by molar-refractivity contribution is 6.31. The molecule has 0 aliphatic heterocycles. The van der Waals surface area contributed by atoms with Crippen molar-refractivity contribution in [1.29, 1.82) is 0 Å². The van der Waals surface area contributed by atoms with Crippen molar-refractivity contribution in [3.05, 3.63) is 54.1 Å². The molecule has 3 aromatic rings. The van der Waals surface area contributed by atoms with E-state index in [-0.39, 0.29) is 0 Å². The summed E-state index contributed by atoms with van der Waals surface area (Å²) in [6.45, 7) is 0. The molecule has 0 saturated carbocycles. The fraction of sp³-hybridized carbons (Fsp3) is 0. The van der Waals surface area contributed by atoms with Crippen molar-refractivity contribution in [3.63, 3.8) is 0 Å². The van der Waals surface area contributed by atoms with Gasteiger partial charge in [-0.1, -0.05) is 29.8 Å². The van der Waals surface area contributed by atoms with Gasteiger partial charge in [-0.2, -0.15) is 0 Å². The predicted molar refractivity (Wildman–Crippen MR) is 63.9 cm³/mol. The van der Waals surface area contributed by atoms with Gasteiger partial charge in [-0.25, -0.2) is 9.97 Å². The summed E-state index contributed by atoms with van der Waals surface area (Å²) in [4.78, 5) is 8.10. The highest BCUT2D eigenvalue weighted by Crippen LogP contribution is 2.26. The van der Waals surface area contributed by atoms with Crippen LogP contribution in [0.2, 0.25) is 5.15 Å². The number of benzene rings is 1. The van der Waals surface area contributed by atoms with E-state index in [1.807, 2.05) is 41.0 Å². The summed E-state index contributed by atoms with van der Waals surface area (Å²) in [7, 11) is 0. The molecule has 0 aliphatic carbocycles. The zero-order valence-corrected chi connectivity index (χ0v) is 9.09. The molecule has 0 radical (unpaired) electrons. The van der Waals surface area contributed by atoms with Gasteiger partial charge in [0.15, 0.2) is 0 Å². The van der Waals surface area contributed by atoms with Crippen LogP contribution in [0.25, 0.3) is 16.7 Å². The average molecular weight is 230 g/mol. The van der Waals surface area contributed by atoms with E-state index in [1.165, 1.54) is 6.33 Å². The Labute approximate surface area is 97.3 Å². The lowest BCUT2D eigenvalue weighted by molar-refractivity contribution is 1.01. The Bertz CT molecular complexity index is 631. The molecule has 2 aromatic heterocycles. The second-order valence-corrected chi connectivity index (χ2v) is 3.82. The topological polar surface area (TPSA) is 30.7 Å². The van der Waals surface area contributed by atoms with E-state index in [0.717, 1.165) is 16.7 Å². The van der Waals surface area contributed by atoms with Crippen LogP contribution in [0.1, 0.15) is 0 Å². The molecular weight excluding hydrogens is 222 g/mol. The van der Waals surface area contributed by atoms with Crippen molar-refractivity contribution in [2.45, 2.75) is 0 Å². The Hall–Kier alpha value is -1.87. The fourth-order valence-electron chi connectivity index (χ4n) is 1.77. The number of aromatic nitrogens is 3. The Kier molecular flexibility index (Phi) is 2.11. The summed E-state index contributed by atoms with van der Waals surface area (Å²) in [6.07, 6.45) is 3.22. The van der Waals surface area contributed by atoms with Crippen LogP contribution >= 0.6 is 11.6 Å². The van der Waals surface area contributed by atoms with Crippen molar-refractivity contribution in [2.75, 3.05) is 0 Å². The lowest BCUT2D eigenvalue weighted by Crippen LogP contribution is -1.96. The van der Waals surface area contributed by atoms with Crippen molar-refractivity contribution in [1.82, 2.24) is 14.5 Å². The zero-order chi connectivity index (χ0) is 11.0. The van der Waals surface area contributed by atoms with E-state index >= 15 is 0 Å². The van der Waals surface area contributed by atoms with Crippen LogP contribution in [-0.2, 0) is 0 Å². The molecule has 78 valence electrons. The number of hydrogen-bond donors (Lipinski definition) is 0. The minimum atomic E-state index is 0.653. The second-order valence-electron chi connectivity index (χ2n) is 3.43. The van der Waals surface area contributed by atoms with Crippen molar-refractivity contribution >= 4 is 22.5 Å². The summed E-state index contributed by atoms with van der Waals surface area (Å²) >= 11 is 6.20. The van der Waals surface area contributed by atoms with Gasteiger partial charge in [0, 0.05) is 11.6 Å². The van der Waals surface area contributed by atoms with E-state index in [4.69, 9.17) is 11.6 Å². The Morgan fingerprint density at radius 1 is 1.12 bits per heavy atom. The maximum atomic E-state index is 6.20. The maximum Gasteiger partial charge on any atom is 0.141 e. The van der Waals surface area contributed by atoms with E-state index < -0.39 is 0 Å². The van der Waals surface area contributed by atoms with E-state index in [9.17, 15) is 0 Å². The number of nitrogens with zero attached hydrogens (tertiary/aromatic N) is 3. The Balaban J connectivity index is 2.35. The van der Waals surface area contributed by atoms with Crippen LogP contribution in [0.4, 0.5) is 0 Å². The standard InChI is InChI=1S/C12H8ClN3/c13-11-7-9-3-1-2-4-10(9)16(11)12-5-6-14-8-15-12/h1-8H. The SMILES string of the molecule is Clc1cc2ccccc2n1-c1ccncn1. The predicted octanol–water partition coefficient (Wildman–Crippen LogP) is 3.07. The number of rotatable bonds is 1. The summed E-state index contributed by atoms with van der Waals surface area (Å²) in [5.41, 5.74) is 1.05. The minimum Gasteiger partial charge on any atom is -0.284 e. The Morgan fingerprint density at radius 3 is 2.81 bits per heavy atom. The summed E-state index contributed by atoms with van der Waals surface area (Å²) in [5, 5.41) is 1.76. The molecule has 0 aliphatic rings. The minimum absolute atomic E-state index is 0.653. The third-order valence-corrected chi connectivity index (χ3v) is 2.74. The van der Waals surface area contributed by atoms with Crippen LogP contribution < -0.4 is 0 Å². The van der Waals surface area contributed by atoms with Gasteiger partial charge in [-0.3, -0.25) is 4.57 Å². The van der Waals surface area contributed by atoms with Gasteiger partial charge in [0.05, 0.1) is 5.52 Å². The van der Waals surface area contributed by atoms with Gasteiger partial charge < -0.3 is 0 Å². The lowest BCUT2D eigenvalue weighted by Gasteiger charge is -2.04. The van der Waals surface area contributed by atoms with Crippen LogP contribution in [0.3, 0.4) is 0 Å². The number of fused-ring (bicyclic) bond motifs is 1. The Morgan fingerprint density at radius 2 is 2.00 bits per heavy atom. The summed E-state index contributed by atoms with van der Waals surface area (Å²) in [5.74, 6) is 0.779. The molecule has 3 rings (SSSR count). The molecule has 0 fully saturated rings. The molecule has 0 N–H and O–H groups in total. The molecule has 1 aromatic carbocycles. The molecular formula is C12H8ClN3. The van der Waals surface area contributed by atoms with Gasteiger partial charge in [0.2, 0.25) is 0 Å². The van der Waals surface area contributed by atoms with E-state index in [2.05, 4.69) is 9.97 Å². The number of halogens is 1. The van der Waals surface area contributed by atoms with Gasteiger partial charge in [0.1, 0.15) is 17.3 Å². The third-order valence-electron chi connectivity index (χ3n) is 2.46. The smallest absolute Gasteiger partial charge is 0.141 e. The first-order valence-corrected chi connectivity index (χ1v) is 5.26. The second kappa shape index (κ2) is 3.61. The van der Waals surface area contributed by atoms with Crippen molar-refractivity contribution in [2.24, 2.45) is 0 Å². The fourth-order valence-corrected chi connectivity index (χ4v) is 2.07. The van der Waals surface area contributed by atoms with Gasteiger partial charge in [-0.15, -0.1) is 0 Å². The molecule has 0 unspecified atom stereocenters. The van der Waals surface area contributed by atoms with Crippen LogP contribution in [0.5, 0.6) is 0 Å². The van der Waals surface area contributed by atoms with Gasteiger partial charge in [-0.05, 0) is 18.2 Å². The molecule has 0 bridgehead atoms. The summed E-state index contributed by atoms with van der Waals surface area (Å²) in [6, 6.07) is 11.8. The van der Waals surface area contributed by atoms with E-state index in [1.54, 1.807) is 6.20 Å². The van der Waals surface area contributed by atoms with Crippen LogP contribution in [0.15, 0.2) is 48.9 Å². The first-order chi connectivity index (χ1) is 7.86. The van der Waals surface area contributed by atoms with Gasteiger partial charge in [0.25, 0.3) is 0 Å². The first kappa shape index (κ1) is 9.36. The normalized spacial score (nSPS) is 10.8. The molecule has 0 saturated heterocycles.